The number of hydrogen-bond donors (Lipinski definition) is 1. The van der Waals surface area contributed by atoms with E-state index in [2.05, 4.69) is 5.32 Å². The van der Waals surface area contributed by atoms with E-state index in [1.807, 2.05) is 6.07 Å². The Bertz CT molecular complexity index is 388. The molecular formula is C14H22N2O4. The van der Waals surface area contributed by atoms with Crippen LogP contribution in [-0.4, -0.2) is 50.4 Å². The second-order valence-electron chi connectivity index (χ2n) is 4.88. The molecule has 0 unspecified atom stereocenters. The maximum absolute atomic E-state index is 12.3. The number of methoxy groups -OCH3 is 1. The van der Waals surface area contributed by atoms with Gasteiger partial charge in [-0.1, -0.05) is 0 Å². The van der Waals surface area contributed by atoms with Crippen LogP contribution >= 0.6 is 0 Å². The molecule has 0 aromatic carbocycles. The molecule has 1 N–H and O–H groups in total. The maximum Gasteiger partial charge on any atom is 0.317 e. The summed E-state index contributed by atoms with van der Waals surface area (Å²) in [7, 11) is 1.63. The van der Waals surface area contributed by atoms with Gasteiger partial charge in [-0.25, -0.2) is 4.79 Å². The largest absolute Gasteiger partial charge is 0.472 e. The van der Waals surface area contributed by atoms with E-state index in [0.717, 1.165) is 18.4 Å². The fourth-order valence-electron chi connectivity index (χ4n) is 2.16. The summed E-state index contributed by atoms with van der Waals surface area (Å²) < 4.78 is 15.4. The van der Waals surface area contributed by atoms with Crippen molar-refractivity contribution in [2.75, 3.05) is 33.5 Å². The normalized spacial score (nSPS) is 16.1. The van der Waals surface area contributed by atoms with Crippen LogP contribution in [0.15, 0.2) is 23.0 Å². The number of amides is 2. The number of hydrogen-bond acceptors (Lipinski definition) is 4. The molecule has 1 aromatic rings. The van der Waals surface area contributed by atoms with E-state index in [9.17, 15) is 4.79 Å². The predicted molar refractivity (Wildman–Crippen MR) is 73.4 cm³/mol. The van der Waals surface area contributed by atoms with Gasteiger partial charge < -0.3 is 24.1 Å². The lowest BCUT2D eigenvalue weighted by Crippen LogP contribution is -2.47. The van der Waals surface area contributed by atoms with Gasteiger partial charge >= 0.3 is 6.03 Å². The number of furan rings is 1. The molecule has 20 heavy (non-hydrogen) atoms. The molecule has 0 bridgehead atoms. The lowest BCUT2D eigenvalue weighted by Gasteiger charge is -2.28. The van der Waals surface area contributed by atoms with E-state index in [1.165, 1.54) is 0 Å². The van der Waals surface area contributed by atoms with Crippen molar-refractivity contribution >= 4 is 6.03 Å². The maximum atomic E-state index is 12.3. The van der Waals surface area contributed by atoms with E-state index in [0.29, 0.717) is 32.9 Å². The van der Waals surface area contributed by atoms with Crippen molar-refractivity contribution in [1.29, 1.82) is 0 Å². The molecule has 6 nitrogen and oxygen atoms in total. The van der Waals surface area contributed by atoms with Gasteiger partial charge in [-0.2, -0.15) is 0 Å². The SMILES string of the molecule is COCCN(Cc1ccoc1)C(=O)NC1CCOCC1. The summed E-state index contributed by atoms with van der Waals surface area (Å²) in [6, 6.07) is 2.00. The van der Waals surface area contributed by atoms with Gasteiger partial charge in [-0.3, -0.25) is 0 Å². The van der Waals surface area contributed by atoms with Crippen LogP contribution in [0.2, 0.25) is 0 Å². The number of ether oxygens (including phenoxy) is 2. The average Bonchev–Trinajstić information content (AvgIpc) is 2.97. The lowest BCUT2D eigenvalue weighted by molar-refractivity contribution is 0.0769. The summed E-state index contributed by atoms with van der Waals surface area (Å²) in [5.74, 6) is 0. The highest BCUT2D eigenvalue weighted by Gasteiger charge is 2.20. The van der Waals surface area contributed by atoms with Gasteiger partial charge in [-0.15, -0.1) is 0 Å². The van der Waals surface area contributed by atoms with Crippen LogP contribution in [0.5, 0.6) is 0 Å². The highest BCUT2D eigenvalue weighted by Crippen LogP contribution is 2.09. The van der Waals surface area contributed by atoms with E-state index >= 15 is 0 Å². The zero-order valence-corrected chi connectivity index (χ0v) is 11.8. The van der Waals surface area contributed by atoms with Crippen LogP contribution in [0.3, 0.4) is 0 Å². The first kappa shape index (κ1) is 14.9. The Morgan fingerprint density at radius 2 is 2.30 bits per heavy atom. The average molecular weight is 282 g/mol. The quantitative estimate of drug-likeness (QED) is 0.861. The molecule has 0 spiro atoms. The molecule has 0 saturated carbocycles. The molecule has 1 aliphatic rings. The topological polar surface area (TPSA) is 63.9 Å². The van der Waals surface area contributed by atoms with Crippen LogP contribution in [-0.2, 0) is 16.0 Å². The van der Waals surface area contributed by atoms with Crippen LogP contribution in [0, 0.1) is 0 Å². The molecule has 2 amide bonds. The molecule has 0 aliphatic carbocycles. The van der Waals surface area contributed by atoms with Gasteiger partial charge in [0.1, 0.15) is 0 Å². The molecule has 1 fully saturated rings. The zero-order valence-electron chi connectivity index (χ0n) is 11.8. The summed E-state index contributed by atoms with van der Waals surface area (Å²) in [5, 5.41) is 3.06. The van der Waals surface area contributed by atoms with E-state index in [-0.39, 0.29) is 12.1 Å². The second kappa shape index (κ2) is 7.91. The monoisotopic (exact) mass is 282 g/mol. The van der Waals surface area contributed by atoms with Crippen molar-refractivity contribution in [3.05, 3.63) is 24.2 Å². The third kappa shape index (κ3) is 4.54. The highest BCUT2D eigenvalue weighted by molar-refractivity contribution is 5.74. The fraction of sp³-hybridized carbons (Fsp3) is 0.643. The van der Waals surface area contributed by atoms with E-state index in [1.54, 1.807) is 24.5 Å². The zero-order chi connectivity index (χ0) is 14.2. The summed E-state index contributed by atoms with van der Waals surface area (Å²) >= 11 is 0. The van der Waals surface area contributed by atoms with Crippen molar-refractivity contribution in [2.24, 2.45) is 0 Å². The van der Waals surface area contributed by atoms with Crippen molar-refractivity contribution in [3.8, 4) is 0 Å². The van der Waals surface area contributed by atoms with Gasteiger partial charge in [-0.05, 0) is 18.9 Å². The summed E-state index contributed by atoms with van der Waals surface area (Å²) in [6.45, 7) is 3.01. The summed E-state index contributed by atoms with van der Waals surface area (Å²) in [4.78, 5) is 14.1. The van der Waals surface area contributed by atoms with Crippen LogP contribution < -0.4 is 5.32 Å². The Kier molecular flexibility index (Phi) is 5.88. The smallest absolute Gasteiger partial charge is 0.317 e. The number of nitrogens with zero attached hydrogens (tertiary/aromatic N) is 1. The van der Waals surface area contributed by atoms with E-state index in [4.69, 9.17) is 13.9 Å². The Hall–Kier alpha value is -1.53. The van der Waals surface area contributed by atoms with Crippen LogP contribution in [0.4, 0.5) is 4.79 Å². The Morgan fingerprint density at radius 3 is 2.95 bits per heavy atom. The van der Waals surface area contributed by atoms with Gasteiger partial charge in [0.15, 0.2) is 0 Å². The van der Waals surface area contributed by atoms with E-state index < -0.39 is 0 Å². The van der Waals surface area contributed by atoms with Crippen LogP contribution in [0.25, 0.3) is 0 Å². The molecule has 2 rings (SSSR count). The number of nitrogens with one attached hydrogen (secondary N) is 1. The summed E-state index contributed by atoms with van der Waals surface area (Å²) in [6.07, 6.45) is 5.01. The van der Waals surface area contributed by atoms with Gasteiger partial charge in [0.25, 0.3) is 0 Å². The number of urea groups is 1. The van der Waals surface area contributed by atoms with Gasteiger partial charge in [0, 0.05) is 38.5 Å². The Morgan fingerprint density at radius 1 is 1.50 bits per heavy atom. The minimum Gasteiger partial charge on any atom is -0.472 e. The Balaban J connectivity index is 1.88. The Labute approximate surface area is 119 Å². The molecule has 2 heterocycles. The molecular weight excluding hydrogens is 260 g/mol. The molecule has 0 atom stereocenters. The summed E-state index contributed by atoms with van der Waals surface area (Å²) in [5.41, 5.74) is 0.975. The van der Waals surface area contributed by atoms with Crippen LogP contribution in [0.1, 0.15) is 18.4 Å². The lowest BCUT2D eigenvalue weighted by atomic mass is 10.1. The van der Waals surface area contributed by atoms with Gasteiger partial charge in [0.2, 0.25) is 0 Å². The highest BCUT2D eigenvalue weighted by atomic mass is 16.5. The fourth-order valence-corrected chi connectivity index (χ4v) is 2.16. The van der Waals surface area contributed by atoms with Gasteiger partial charge in [0.05, 0.1) is 25.7 Å². The molecule has 6 heteroatoms. The van der Waals surface area contributed by atoms with Crippen molar-refractivity contribution < 1.29 is 18.7 Å². The number of rotatable bonds is 6. The predicted octanol–water partition coefficient (Wildman–Crippen LogP) is 1.62. The second-order valence-corrected chi connectivity index (χ2v) is 4.88. The van der Waals surface area contributed by atoms with Crippen molar-refractivity contribution in [3.63, 3.8) is 0 Å². The number of carbonyl (C=O) groups excluding carboxylic acids is 1. The third-order valence-corrected chi connectivity index (χ3v) is 3.35. The van der Waals surface area contributed by atoms with Crippen molar-refractivity contribution in [2.45, 2.75) is 25.4 Å². The first-order chi connectivity index (χ1) is 9.79. The minimum absolute atomic E-state index is 0.0600. The molecule has 112 valence electrons. The standard InChI is InChI=1S/C14H22N2O4/c1-18-9-5-16(10-12-2-6-20-11-12)14(17)15-13-3-7-19-8-4-13/h2,6,11,13H,3-5,7-10H2,1H3,(H,15,17). The molecule has 0 radical (unpaired) electrons. The molecule has 1 aliphatic heterocycles. The third-order valence-electron chi connectivity index (χ3n) is 3.35. The van der Waals surface area contributed by atoms with Crippen molar-refractivity contribution in [1.82, 2.24) is 10.2 Å². The first-order valence-electron chi connectivity index (χ1n) is 6.93. The first-order valence-corrected chi connectivity index (χ1v) is 6.93. The molecule has 1 saturated heterocycles. The minimum atomic E-state index is -0.0600. The molecule has 1 aromatic heterocycles. The number of carbonyl (C=O) groups is 1.